The van der Waals surface area contributed by atoms with Crippen molar-refractivity contribution < 1.29 is 33.5 Å². The SMILES string of the molecule is C[C@@H]1CCC2(CCN(c3cnc(Sc4cccc(NC(=O)CCC(=O)NCCOCCNc5ccc6c(c5)C(=O)N(C5CCC(=O)NC5=O)C6=O)c4Cl)c(N)n3)CC2)[C@@H]1N. The van der Waals surface area contributed by atoms with Gasteiger partial charge < -0.3 is 37.1 Å². The number of benzene rings is 2. The Morgan fingerprint density at radius 1 is 1.00 bits per heavy atom. The number of carbonyl (C=O) groups is 6. The molecule has 17 nitrogen and oxygen atoms in total. The highest BCUT2D eigenvalue weighted by molar-refractivity contribution is 7.99. The number of anilines is 4. The second kappa shape index (κ2) is 18.5. The molecule has 7 rings (SSSR count). The molecule has 4 heterocycles. The van der Waals surface area contributed by atoms with Gasteiger partial charge in [-0.25, -0.2) is 9.97 Å². The largest absolute Gasteiger partial charge is 0.383 e. The fourth-order valence-electron chi connectivity index (χ4n) is 8.37. The van der Waals surface area contributed by atoms with Crippen LogP contribution in [0.5, 0.6) is 0 Å². The number of rotatable bonds is 15. The summed E-state index contributed by atoms with van der Waals surface area (Å²) in [6, 6.07) is 9.17. The molecule has 318 valence electrons. The number of halogens is 1. The third-order valence-electron chi connectivity index (χ3n) is 11.9. The molecule has 3 atom stereocenters. The number of carbonyl (C=O) groups excluding carboxylic acids is 6. The highest BCUT2D eigenvalue weighted by Crippen LogP contribution is 2.48. The van der Waals surface area contributed by atoms with Crippen molar-refractivity contribution in [2.75, 3.05) is 60.7 Å². The van der Waals surface area contributed by atoms with E-state index in [2.05, 4.69) is 43.1 Å². The number of ether oxygens (including phenoxy) is 1. The molecular weight excluding hydrogens is 812 g/mol. The van der Waals surface area contributed by atoms with E-state index in [1.807, 2.05) is 0 Å². The Balaban J connectivity index is 0.786. The number of piperidine rings is 2. The Kier molecular flexibility index (Phi) is 13.2. The first-order valence-corrected chi connectivity index (χ1v) is 21.4. The quantitative estimate of drug-likeness (QED) is 0.0946. The minimum Gasteiger partial charge on any atom is -0.383 e. The Morgan fingerprint density at radius 2 is 1.75 bits per heavy atom. The van der Waals surface area contributed by atoms with Crippen LogP contribution in [0.2, 0.25) is 5.02 Å². The predicted octanol–water partition coefficient (Wildman–Crippen LogP) is 3.57. The van der Waals surface area contributed by atoms with E-state index in [1.54, 1.807) is 36.5 Å². The summed E-state index contributed by atoms with van der Waals surface area (Å²) in [7, 11) is 0. The number of hydrogen-bond donors (Lipinski definition) is 6. The van der Waals surface area contributed by atoms with Gasteiger partial charge in [0.1, 0.15) is 16.9 Å². The number of aromatic nitrogens is 2. The predicted molar refractivity (Wildman–Crippen MR) is 226 cm³/mol. The fourth-order valence-corrected chi connectivity index (χ4v) is 9.47. The van der Waals surface area contributed by atoms with Crippen LogP contribution in [0.25, 0.3) is 0 Å². The molecule has 2 saturated heterocycles. The molecule has 3 aromatic rings. The molecule has 2 aromatic carbocycles. The number of nitrogen functional groups attached to an aromatic ring is 1. The topological polar surface area (TPSA) is 244 Å². The van der Waals surface area contributed by atoms with Gasteiger partial charge in [0.15, 0.2) is 5.82 Å². The van der Waals surface area contributed by atoms with Crippen LogP contribution >= 0.6 is 23.4 Å². The molecular formula is C41H49ClN10O7S. The van der Waals surface area contributed by atoms with E-state index in [-0.39, 0.29) is 79.8 Å². The number of nitrogens with two attached hydrogens (primary N) is 2. The van der Waals surface area contributed by atoms with Gasteiger partial charge in [0.2, 0.25) is 23.6 Å². The summed E-state index contributed by atoms with van der Waals surface area (Å²) in [4.78, 5) is 88.0. The molecule has 0 bridgehead atoms. The Bertz CT molecular complexity index is 2180. The summed E-state index contributed by atoms with van der Waals surface area (Å²) >= 11 is 7.95. The van der Waals surface area contributed by atoms with E-state index < -0.39 is 29.7 Å². The van der Waals surface area contributed by atoms with E-state index in [0.717, 1.165) is 36.6 Å². The van der Waals surface area contributed by atoms with Gasteiger partial charge in [-0.05, 0) is 73.8 Å². The zero-order valence-corrected chi connectivity index (χ0v) is 34.8. The molecule has 1 aliphatic carbocycles. The van der Waals surface area contributed by atoms with Crippen LogP contribution < -0.4 is 37.6 Å². The first-order valence-electron chi connectivity index (χ1n) is 20.2. The maximum Gasteiger partial charge on any atom is 0.262 e. The number of nitrogens with one attached hydrogen (secondary N) is 4. The molecule has 1 aromatic heterocycles. The molecule has 8 N–H and O–H groups in total. The molecule has 60 heavy (non-hydrogen) atoms. The van der Waals surface area contributed by atoms with Crippen LogP contribution in [-0.2, 0) is 23.9 Å². The van der Waals surface area contributed by atoms with Crippen molar-refractivity contribution in [3.8, 4) is 0 Å². The Morgan fingerprint density at radius 3 is 2.48 bits per heavy atom. The molecule has 6 amide bonds. The summed E-state index contributed by atoms with van der Waals surface area (Å²) < 4.78 is 5.59. The van der Waals surface area contributed by atoms with Gasteiger partial charge in [-0.15, -0.1) is 0 Å². The van der Waals surface area contributed by atoms with Crippen LogP contribution in [0, 0.1) is 11.3 Å². The highest BCUT2D eigenvalue weighted by Gasteiger charge is 2.47. The van der Waals surface area contributed by atoms with Gasteiger partial charge in [0.05, 0.1) is 41.2 Å². The maximum absolute atomic E-state index is 13.0. The zero-order chi connectivity index (χ0) is 42.6. The lowest BCUT2D eigenvalue weighted by atomic mass is 9.73. The van der Waals surface area contributed by atoms with E-state index in [1.165, 1.54) is 30.7 Å². The van der Waals surface area contributed by atoms with Gasteiger partial charge in [-0.1, -0.05) is 36.4 Å². The normalized spacial score (nSPS) is 20.9. The average Bonchev–Trinajstić information content (AvgIpc) is 3.64. The van der Waals surface area contributed by atoms with Crippen molar-refractivity contribution >= 4 is 81.8 Å². The third-order valence-corrected chi connectivity index (χ3v) is 13.4. The van der Waals surface area contributed by atoms with Gasteiger partial charge in [0, 0.05) is 62.1 Å². The van der Waals surface area contributed by atoms with Gasteiger partial charge >= 0.3 is 0 Å². The number of hydrogen-bond acceptors (Lipinski definition) is 14. The van der Waals surface area contributed by atoms with Crippen molar-refractivity contribution in [3.63, 3.8) is 0 Å². The van der Waals surface area contributed by atoms with E-state index >= 15 is 0 Å². The third kappa shape index (κ3) is 9.36. The van der Waals surface area contributed by atoms with E-state index in [0.29, 0.717) is 44.6 Å². The maximum atomic E-state index is 13.0. The summed E-state index contributed by atoms with van der Waals surface area (Å²) in [5.41, 5.74) is 14.5. The van der Waals surface area contributed by atoms with E-state index in [9.17, 15) is 28.8 Å². The van der Waals surface area contributed by atoms with Crippen LogP contribution in [0.4, 0.5) is 23.0 Å². The minimum atomic E-state index is -1.03. The van der Waals surface area contributed by atoms with E-state index in [4.69, 9.17) is 27.8 Å². The lowest BCUT2D eigenvalue weighted by Crippen LogP contribution is -2.54. The Hall–Kier alpha value is -5.30. The van der Waals surface area contributed by atoms with Crippen molar-refractivity contribution in [3.05, 3.63) is 58.7 Å². The van der Waals surface area contributed by atoms with Gasteiger partial charge in [-0.3, -0.25) is 39.0 Å². The molecule has 3 aliphatic heterocycles. The summed E-state index contributed by atoms with van der Waals surface area (Å²) in [6.45, 7) is 5.08. The van der Waals surface area contributed by atoms with Crippen LogP contribution in [0.3, 0.4) is 0 Å². The standard InChI is InChI=1S/C41H49ClN10O7S/c1-23-11-12-41(35(23)43)13-17-51(18-14-41)30-22-47-38(36(44)49-30)60-29-4-2-3-27(34(29)42)48-32(54)10-9-31(53)46-16-20-59-19-15-45-24-5-6-25-26(21-24)40(58)52(39(25)57)28-7-8-33(55)50-37(28)56/h2-6,21-23,28,35,45H,7-20,43H2,1H3,(H2,44,49)(H,46,53)(H,48,54)(H,50,55,56)/t23-,28?,35-/m1/s1. The molecule has 0 radical (unpaired) electrons. The summed E-state index contributed by atoms with van der Waals surface area (Å²) in [5.74, 6) is -1.37. The minimum absolute atomic E-state index is 0.0393. The van der Waals surface area contributed by atoms with Crippen molar-refractivity contribution in [1.29, 1.82) is 0 Å². The van der Waals surface area contributed by atoms with Crippen molar-refractivity contribution in [2.45, 2.75) is 80.3 Å². The van der Waals surface area contributed by atoms with Crippen LogP contribution in [0.15, 0.2) is 52.5 Å². The second-order valence-corrected chi connectivity index (χ2v) is 17.1. The van der Waals surface area contributed by atoms with Crippen molar-refractivity contribution in [2.24, 2.45) is 17.1 Å². The first kappa shape index (κ1) is 42.8. The second-order valence-electron chi connectivity index (χ2n) is 15.7. The number of imide groups is 2. The average molecular weight is 861 g/mol. The van der Waals surface area contributed by atoms with Crippen molar-refractivity contribution in [1.82, 2.24) is 25.5 Å². The molecule has 1 saturated carbocycles. The number of fused-ring (bicyclic) bond motifs is 1. The highest BCUT2D eigenvalue weighted by atomic mass is 35.5. The van der Waals surface area contributed by atoms with Crippen LogP contribution in [-0.4, -0.2) is 102 Å². The number of amides is 6. The Labute approximate surface area is 356 Å². The summed E-state index contributed by atoms with van der Waals surface area (Å²) in [6.07, 6.45) is 6.18. The monoisotopic (exact) mass is 860 g/mol. The lowest BCUT2D eigenvalue weighted by Gasteiger charge is -2.43. The van der Waals surface area contributed by atoms with Gasteiger partial charge in [-0.2, -0.15) is 0 Å². The summed E-state index contributed by atoms with van der Waals surface area (Å²) in [5, 5.41) is 11.6. The van der Waals surface area contributed by atoms with Crippen LogP contribution in [0.1, 0.15) is 79.0 Å². The first-order chi connectivity index (χ1) is 28.8. The zero-order valence-electron chi connectivity index (χ0n) is 33.3. The molecule has 4 aliphatic rings. The number of nitrogens with zero attached hydrogens (tertiary/aromatic N) is 4. The lowest BCUT2D eigenvalue weighted by molar-refractivity contribution is -0.136. The molecule has 1 spiro atoms. The molecule has 3 fully saturated rings. The molecule has 19 heteroatoms. The van der Waals surface area contributed by atoms with Gasteiger partial charge in [0.25, 0.3) is 11.8 Å². The molecule has 1 unspecified atom stereocenters. The fraction of sp³-hybridized carbons (Fsp3) is 0.463. The smallest absolute Gasteiger partial charge is 0.262 e.